The maximum absolute atomic E-state index is 12.9. The fourth-order valence-electron chi connectivity index (χ4n) is 4.13. The lowest BCUT2D eigenvalue weighted by Crippen LogP contribution is -2.11. The molecule has 0 bridgehead atoms. The Morgan fingerprint density at radius 3 is 2.43 bits per heavy atom. The van der Waals surface area contributed by atoms with E-state index in [0.29, 0.717) is 17.2 Å². The first-order valence-corrected chi connectivity index (χ1v) is 11.8. The van der Waals surface area contributed by atoms with Crippen molar-refractivity contribution in [2.75, 3.05) is 10.6 Å². The summed E-state index contributed by atoms with van der Waals surface area (Å²) in [6, 6.07) is 31.1. The lowest BCUT2D eigenvalue weighted by atomic mass is 10.1. The topological polar surface area (TPSA) is 84.7 Å². The third-order valence-corrected chi connectivity index (χ3v) is 6.01. The number of nitrogens with zero attached hydrogens (tertiary/aromatic N) is 4. The Balaban J connectivity index is 1.17. The van der Waals surface area contributed by atoms with Crippen molar-refractivity contribution < 1.29 is 4.79 Å². The Hall–Kier alpha value is -5.30. The minimum absolute atomic E-state index is 0.166. The number of amides is 1. The first-order valence-electron chi connectivity index (χ1n) is 11.8. The molecule has 0 radical (unpaired) electrons. The second-order valence-corrected chi connectivity index (χ2v) is 8.50. The van der Waals surface area contributed by atoms with Crippen LogP contribution in [0.2, 0.25) is 0 Å². The van der Waals surface area contributed by atoms with Crippen molar-refractivity contribution in [2.24, 2.45) is 0 Å². The van der Waals surface area contributed by atoms with Crippen molar-refractivity contribution >= 4 is 34.0 Å². The van der Waals surface area contributed by atoms with Crippen molar-refractivity contribution in [3.05, 3.63) is 128 Å². The van der Waals surface area contributed by atoms with Gasteiger partial charge >= 0.3 is 0 Å². The van der Waals surface area contributed by atoms with E-state index in [4.69, 9.17) is 0 Å². The molecule has 0 unspecified atom stereocenters. The van der Waals surface area contributed by atoms with E-state index in [9.17, 15) is 4.79 Å². The summed E-state index contributed by atoms with van der Waals surface area (Å²) in [6.45, 7) is 0. The van der Waals surface area contributed by atoms with E-state index < -0.39 is 0 Å². The molecule has 37 heavy (non-hydrogen) atoms. The van der Waals surface area contributed by atoms with Crippen molar-refractivity contribution in [1.82, 2.24) is 19.5 Å². The van der Waals surface area contributed by atoms with Crippen LogP contribution in [-0.4, -0.2) is 25.4 Å². The lowest BCUT2D eigenvalue weighted by Gasteiger charge is -2.10. The van der Waals surface area contributed by atoms with Gasteiger partial charge in [-0.15, -0.1) is 0 Å². The maximum Gasteiger partial charge on any atom is 0.255 e. The molecule has 0 aliphatic rings. The summed E-state index contributed by atoms with van der Waals surface area (Å²) in [5.74, 6) is 0.300. The van der Waals surface area contributed by atoms with Crippen LogP contribution in [-0.2, 0) is 0 Å². The molecular weight excluding hydrogens is 460 g/mol. The molecule has 0 saturated heterocycles. The molecule has 0 aliphatic heterocycles. The van der Waals surface area contributed by atoms with E-state index >= 15 is 0 Å². The number of hydrogen-bond acceptors (Lipinski definition) is 5. The summed E-state index contributed by atoms with van der Waals surface area (Å²) in [6.07, 6.45) is 7.14. The molecule has 1 amide bonds. The molecule has 6 aromatic rings. The van der Waals surface area contributed by atoms with E-state index in [1.165, 1.54) is 0 Å². The molecule has 0 fully saturated rings. The zero-order valence-corrected chi connectivity index (χ0v) is 19.7. The van der Waals surface area contributed by atoms with Crippen molar-refractivity contribution in [2.45, 2.75) is 0 Å². The molecule has 6 rings (SSSR count). The van der Waals surface area contributed by atoms with Crippen LogP contribution >= 0.6 is 0 Å². The van der Waals surface area contributed by atoms with Crippen LogP contribution in [0.15, 0.2) is 122 Å². The Labute approximate surface area is 213 Å². The van der Waals surface area contributed by atoms with Gasteiger partial charge in [-0.1, -0.05) is 48.5 Å². The zero-order chi connectivity index (χ0) is 25.0. The van der Waals surface area contributed by atoms with Gasteiger partial charge in [0, 0.05) is 46.8 Å². The largest absolute Gasteiger partial charge is 0.324 e. The number of anilines is 3. The predicted molar refractivity (Wildman–Crippen MR) is 146 cm³/mol. The Morgan fingerprint density at radius 2 is 1.59 bits per heavy atom. The Morgan fingerprint density at radius 1 is 0.757 bits per heavy atom. The molecule has 2 N–H and O–H groups in total. The highest BCUT2D eigenvalue weighted by Gasteiger charge is 2.09. The third-order valence-electron chi connectivity index (χ3n) is 6.01. The molecule has 2 heterocycles. The summed E-state index contributed by atoms with van der Waals surface area (Å²) in [5, 5.41) is 8.34. The van der Waals surface area contributed by atoms with E-state index in [1.807, 2.05) is 108 Å². The number of nitrogens with one attached hydrogen (secondary N) is 2. The number of fused-ring (bicyclic) bond motifs is 1. The second-order valence-electron chi connectivity index (χ2n) is 8.50. The monoisotopic (exact) mass is 482 g/mol. The number of carbonyl (C=O) groups excluding carboxylic acids is 1. The standard InChI is InChI=1S/C30H22N6O/c37-29(24-9-8-21-4-1-2-5-23(21)18-24)33-25-6-3-7-26(19-25)34-30-32-15-14-28(35-30)22-10-12-27(13-11-22)36-17-16-31-20-36/h1-20H,(H,33,37)(H,32,34,35). The molecule has 0 spiro atoms. The summed E-state index contributed by atoms with van der Waals surface area (Å²) in [5.41, 5.74) is 4.85. The molecule has 0 aliphatic carbocycles. The van der Waals surface area contributed by atoms with Gasteiger partial charge in [-0.05, 0) is 59.3 Å². The van der Waals surface area contributed by atoms with E-state index in [1.54, 1.807) is 18.7 Å². The van der Waals surface area contributed by atoms with Gasteiger partial charge in [-0.2, -0.15) is 0 Å². The van der Waals surface area contributed by atoms with Gasteiger partial charge in [-0.3, -0.25) is 4.79 Å². The molecule has 178 valence electrons. The van der Waals surface area contributed by atoms with Crippen molar-refractivity contribution in [3.63, 3.8) is 0 Å². The first-order chi connectivity index (χ1) is 18.2. The number of rotatable bonds is 6. The molecule has 0 atom stereocenters. The van der Waals surface area contributed by atoms with Gasteiger partial charge in [0.15, 0.2) is 0 Å². The number of imidazole rings is 1. The summed E-state index contributed by atoms with van der Waals surface area (Å²) < 4.78 is 1.95. The molecule has 4 aromatic carbocycles. The minimum Gasteiger partial charge on any atom is -0.324 e. The van der Waals surface area contributed by atoms with Gasteiger partial charge < -0.3 is 15.2 Å². The fraction of sp³-hybridized carbons (Fsp3) is 0. The quantitative estimate of drug-likeness (QED) is 0.284. The average Bonchev–Trinajstić information content (AvgIpc) is 3.48. The normalized spacial score (nSPS) is 10.8. The van der Waals surface area contributed by atoms with Crippen LogP contribution in [0.1, 0.15) is 10.4 Å². The molecule has 0 saturated carbocycles. The van der Waals surface area contributed by atoms with Crippen LogP contribution in [0.5, 0.6) is 0 Å². The summed E-state index contributed by atoms with van der Waals surface area (Å²) >= 11 is 0. The lowest BCUT2D eigenvalue weighted by molar-refractivity contribution is 0.102. The van der Waals surface area contributed by atoms with Gasteiger partial charge in [0.05, 0.1) is 12.0 Å². The maximum atomic E-state index is 12.9. The third kappa shape index (κ3) is 4.92. The Kier molecular flexibility index (Phi) is 5.85. The van der Waals surface area contributed by atoms with Gasteiger partial charge in [0.1, 0.15) is 0 Å². The number of hydrogen-bond donors (Lipinski definition) is 2. The van der Waals surface area contributed by atoms with Gasteiger partial charge in [0.2, 0.25) is 5.95 Å². The SMILES string of the molecule is O=C(Nc1cccc(Nc2nccc(-c3ccc(-n4ccnc4)cc3)n2)c1)c1ccc2ccccc2c1. The highest BCUT2D eigenvalue weighted by atomic mass is 16.1. The van der Waals surface area contributed by atoms with Gasteiger partial charge in [0.25, 0.3) is 5.91 Å². The zero-order valence-electron chi connectivity index (χ0n) is 19.7. The smallest absolute Gasteiger partial charge is 0.255 e. The first kappa shape index (κ1) is 22.2. The van der Waals surface area contributed by atoms with Crippen LogP contribution in [0, 0.1) is 0 Å². The minimum atomic E-state index is -0.166. The molecule has 7 nitrogen and oxygen atoms in total. The molecule has 7 heteroatoms. The molecular formula is C30H22N6O. The highest BCUT2D eigenvalue weighted by molar-refractivity contribution is 6.06. The van der Waals surface area contributed by atoms with E-state index in [0.717, 1.165) is 33.4 Å². The summed E-state index contributed by atoms with van der Waals surface area (Å²) in [4.78, 5) is 26.0. The van der Waals surface area contributed by atoms with Crippen LogP contribution in [0.3, 0.4) is 0 Å². The van der Waals surface area contributed by atoms with E-state index in [-0.39, 0.29) is 5.91 Å². The van der Waals surface area contributed by atoms with Gasteiger partial charge in [-0.25, -0.2) is 15.0 Å². The number of carbonyl (C=O) groups is 1. The predicted octanol–water partition coefficient (Wildman–Crippen LogP) is 6.48. The average molecular weight is 483 g/mol. The van der Waals surface area contributed by atoms with Crippen LogP contribution in [0.4, 0.5) is 17.3 Å². The Bertz CT molecular complexity index is 1690. The van der Waals surface area contributed by atoms with Crippen molar-refractivity contribution in [1.29, 1.82) is 0 Å². The summed E-state index contributed by atoms with van der Waals surface area (Å²) in [7, 11) is 0. The number of aromatic nitrogens is 4. The van der Waals surface area contributed by atoms with Crippen molar-refractivity contribution in [3.8, 4) is 16.9 Å². The second kappa shape index (κ2) is 9.75. The van der Waals surface area contributed by atoms with E-state index in [2.05, 4.69) is 25.6 Å². The molecule has 2 aromatic heterocycles. The van der Waals surface area contributed by atoms with Crippen LogP contribution in [0.25, 0.3) is 27.7 Å². The number of benzene rings is 4. The van der Waals surface area contributed by atoms with Crippen LogP contribution < -0.4 is 10.6 Å². The fourth-order valence-corrected chi connectivity index (χ4v) is 4.13. The highest BCUT2D eigenvalue weighted by Crippen LogP contribution is 2.23.